The molecule has 2 atom stereocenters. The molecule has 5 heteroatoms. The summed E-state index contributed by atoms with van der Waals surface area (Å²) in [5.41, 5.74) is 6.76. The number of nitrogens with two attached hydrogens (primary N) is 1. The summed E-state index contributed by atoms with van der Waals surface area (Å²) >= 11 is 0. The Kier molecular flexibility index (Phi) is 7.04. The number of phenolic OH excluding ortho intramolecular Hbond substituents is 1. The number of phenols is 1. The Balaban J connectivity index is 2.27. The second kappa shape index (κ2) is 8.55. The van der Waals surface area contributed by atoms with Gasteiger partial charge in [-0.3, -0.25) is 4.79 Å². The third kappa shape index (κ3) is 6.04. The SMILES string of the molecule is CC(CO)CCCNC(=O)C(N)Cc1ccc(O)cc1. The fraction of sp³-hybridized carbons (Fsp3) is 0.533. The summed E-state index contributed by atoms with van der Waals surface area (Å²) in [6.45, 7) is 2.72. The molecule has 0 spiro atoms. The minimum atomic E-state index is -0.588. The normalized spacial score (nSPS) is 13.8. The number of carbonyl (C=O) groups excluding carboxylic acids is 1. The van der Waals surface area contributed by atoms with Crippen LogP contribution in [0.3, 0.4) is 0 Å². The smallest absolute Gasteiger partial charge is 0.237 e. The van der Waals surface area contributed by atoms with Crippen molar-refractivity contribution in [2.45, 2.75) is 32.2 Å². The molecule has 0 bridgehead atoms. The maximum Gasteiger partial charge on any atom is 0.237 e. The van der Waals surface area contributed by atoms with Crippen LogP contribution in [0.4, 0.5) is 0 Å². The first kappa shape index (κ1) is 16.5. The van der Waals surface area contributed by atoms with Crippen LogP contribution in [0.25, 0.3) is 0 Å². The van der Waals surface area contributed by atoms with Gasteiger partial charge in [-0.1, -0.05) is 19.1 Å². The average molecular weight is 280 g/mol. The lowest BCUT2D eigenvalue weighted by Crippen LogP contribution is -2.42. The monoisotopic (exact) mass is 280 g/mol. The second-order valence-corrected chi connectivity index (χ2v) is 5.20. The molecule has 1 aromatic rings. The molecule has 112 valence electrons. The Morgan fingerprint density at radius 1 is 1.35 bits per heavy atom. The number of benzene rings is 1. The lowest BCUT2D eigenvalue weighted by Gasteiger charge is -2.13. The number of aliphatic hydroxyl groups is 1. The molecule has 20 heavy (non-hydrogen) atoms. The van der Waals surface area contributed by atoms with E-state index in [4.69, 9.17) is 10.8 Å². The molecule has 0 aliphatic rings. The molecule has 1 amide bonds. The summed E-state index contributed by atoms with van der Waals surface area (Å²) in [7, 11) is 0. The third-order valence-corrected chi connectivity index (χ3v) is 3.21. The molecular weight excluding hydrogens is 256 g/mol. The average Bonchev–Trinajstić information content (AvgIpc) is 2.45. The fourth-order valence-corrected chi connectivity index (χ4v) is 1.86. The van der Waals surface area contributed by atoms with Gasteiger partial charge in [0.25, 0.3) is 0 Å². The van der Waals surface area contributed by atoms with Crippen LogP contribution in [0, 0.1) is 5.92 Å². The number of carbonyl (C=O) groups is 1. The number of aliphatic hydroxyl groups excluding tert-OH is 1. The highest BCUT2D eigenvalue weighted by molar-refractivity contribution is 5.81. The first-order valence-corrected chi connectivity index (χ1v) is 6.95. The van der Waals surface area contributed by atoms with Crippen LogP contribution in [0.2, 0.25) is 0 Å². The van der Waals surface area contributed by atoms with Crippen LogP contribution in [0.15, 0.2) is 24.3 Å². The molecule has 1 rings (SSSR count). The Labute approximate surface area is 119 Å². The molecule has 0 fully saturated rings. The van der Waals surface area contributed by atoms with Gasteiger partial charge in [-0.15, -0.1) is 0 Å². The Morgan fingerprint density at radius 3 is 2.60 bits per heavy atom. The largest absolute Gasteiger partial charge is 0.508 e. The van der Waals surface area contributed by atoms with E-state index in [2.05, 4.69) is 5.32 Å². The molecule has 5 nitrogen and oxygen atoms in total. The summed E-state index contributed by atoms with van der Waals surface area (Å²) in [6.07, 6.45) is 2.16. The van der Waals surface area contributed by atoms with E-state index in [1.807, 2.05) is 6.92 Å². The number of nitrogens with one attached hydrogen (secondary N) is 1. The Bertz CT molecular complexity index is 406. The van der Waals surface area contributed by atoms with Crippen LogP contribution < -0.4 is 11.1 Å². The van der Waals surface area contributed by atoms with Crippen LogP contribution in [0.1, 0.15) is 25.3 Å². The van der Waals surface area contributed by atoms with Crippen molar-refractivity contribution in [2.75, 3.05) is 13.2 Å². The van der Waals surface area contributed by atoms with Gasteiger partial charge in [-0.05, 0) is 42.9 Å². The van der Waals surface area contributed by atoms with E-state index in [9.17, 15) is 9.90 Å². The van der Waals surface area contributed by atoms with Gasteiger partial charge in [0.15, 0.2) is 0 Å². The Morgan fingerprint density at radius 2 is 2.00 bits per heavy atom. The first-order valence-electron chi connectivity index (χ1n) is 6.95. The summed E-state index contributed by atoms with van der Waals surface area (Å²) in [4.78, 5) is 11.8. The molecule has 0 aliphatic heterocycles. The summed E-state index contributed by atoms with van der Waals surface area (Å²) in [6, 6.07) is 6.08. The molecule has 0 aliphatic carbocycles. The van der Waals surface area contributed by atoms with E-state index in [0.29, 0.717) is 13.0 Å². The quantitative estimate of drug-likeness (QED) is 0.529. The van der Waals surface area contributed by atoms with E-state index in [-0.39, 0.29) is 24.2 Å². The maximum atomic E-state index is 11.8. The van der Waals surface area contributed by atoms with Crippen molar-refractivity contribution < 1.29 is 15.0 Å². The molecule has 1 aromatic carbocycles. The van der Waals surface area contributed by atoms with Crippen molar-refractivity contribution in [2.24, 2.45) is 11.7 Å². The molecule has 0 aromatic heterocycles. The van der Waals surface area contributed by atoms with Gasteiger partial charge < -0.3 is 21.3 Å². The van der Waals surface area contributed by atoms with Gasteiger partial charge in [0.1, 0.15) is 5.75 Å². The molecule has 2 unspecified atom stereocenters. The summed E-state index contributed by atoms with van der Waals surface area (Å²) in [5, 5.41) is 20.9. The number of hydrogen-bond donors (Lipinski definition) is 4. The minimum absolute atomic E-state index is 0.172. The molecule has 0 radical (unpaired) electrons. The predicted octanol–water partition coefficient (Wildman–Crippen LogP) is 0.787. The zero-order valence-corrected chi connectivity index (χ0v) is 11.9. The Hall–Kier alpha value is -1.59. The molecule has 0 saturated heterocycles. The van der Waals surface area contributed by atoms with E-state index in [0.717, 1.165) is 18.4 Å². The van der Waals surface area contributed by atoms with Crippen molar-refractivity contribution in [3.05, 3.63) is 29.8 Å². The van der Waals surface area contributed by atoms with Crippen molar-refractivity contribution in [3.8, 4) is 5.75 Å². The van der Waals surface area contributed by atoms with Gasteiger partial charge in [0.2, 0.25) is 5.91 Å². The predicted molar refractivity (Wildman–Crippen MR) is 78.3 cm³/mol. The topological polar surface area (TPSA) is 95.6 Å². The zero-order valence-electron chi connectivity index (χ0n) is 11.9. The number of aromatic hydroxyl groups is 1. The lowest BCUT2D eigenvalue weighted by atomic mass is 10.1. The van der Waals surface area contributed by atoms with Crippen LogP contribution in [-0.2, 0) is 11.2 Å². The highest BCUT2D eigenvalue weighted by Gasteiger charge is 2.13. The van der Waals surface area contributed by atoms with Crippen LogP contribution >= 0.6 is 0 Å². The highest BCUT2D eigenvalue weighted by Crippen LogP contribution is 2.11. The van der Waals surface area contributed by atoms with E-state index in [1.165, 1.54) is 0 Å². The van der Waals surface area contributed by atoms with Gasteiger partial charge in [-0.2, -0.15) is 0 Å². The highest BCUT2D eigenvalue weighted by atomic mass is 16.3. The summed E-state index contributed by atoms with van der Waals surface area (Å²) in [5.74, 6) is 0.289. The second-order valence-electron chi connectivity index (χ2n) is 5.20. The van der Waals surface area contributed by atoms with Gasteiger partial charge in [-0.25, -0.2) is 0 Å². The van der Waals surface area contributed by atoms with Crippen molar-refractivity contribution in [3.63, 3.8) is 0 Å². The minimum Gasteiger partial charge on any atom is -0.508 e. The molecular formula is C15H24N2O3. The van der Waals surface area contributed by atoms with E-state index < -0.39 is 6.04 Å². The van der Waals surface area contributed by atoms with Crippen molar-refractivity contribution >= 4 is 5.91 Å². The number of amides is 1. The van der Waals surface area contributed by atoms with Crippen molar-refractivity contribution in [1.29, 1.82) is 0 Å². The van der Waals surface area contributed by atoms with Gasteiger partial charge in [0, 0.05) is 13.2 Å². The zero-order chi connectivity index (χ0) is 15.0. The molecule has 0 saturated carbocycles. The fourth-order valence-electron chi connectivity index (χ4n) is 1.86. The van der Waals surface area contributed by atoms with Gasteiger partial charge in [0.05, 0.1) is 6.04 Å². The van der Waals surface area contributed by atoms with Crippen molar-refractivity contribution in [1.82, 2.24) is 5.32 Å². The van der Waals surface area contributed by atoms with Crippen LogP contribution in [0.5, 0.6) is 5.75 Å². The first-order chi connectivity index (χ1) is 9.52. The number of hydrogen-bond acceptors (Lipinski definition) is 4. The lowest BCUT2D eigenvalue weighted by molar-refractivity contribution is -0.122. The van der Waals surface area contributed by atoms with Crippen LogP contribution in [-0.4, -0.2) is 35.3 Å². The maximum absolute atomic E-state index is 11.8. The van der Waals surface area contributed by atoms with Gasteiger partial charge >= 0.3 is 0 Å². The standard InChI is InChI=1S/C15H24N2O3/c1-11(10-18)3-2-8-17-15(20)14(16)9-12-4-6-13(19)7-5-12/h4-7,11,14,18-19H,2-3,8-10,16H2,1H3,(H,17,20). The number of rotatable bonds is 8. The molecule has 0 heterocycles. The molecule has 5 N–H and O–H groups in total. The summed E-state index contributed by atoms with van der Waals surface area (Å²) < 4.78 is 0. The third-order valence-electron chi connectivity index (χ3n) is 3.21. The van der Waals surface area contributed by atoms with E-state index in [1.54, 1.807) is 24.3 Å². The van der Waals surface area contributed by atoms with E-state index >= 15 is 0 Å².